The number of carbonyl (C=O) groups excluding carboxylic acids is 1. The van der Waals surface area contributed by atoms with Gasteiger partial charge < -0.3 is 10.5 Å². The number of ether oxygens (including phenoxy) is 1. The van der Waals surface area contributed by atoms with E-state index in [2.05, 4.69) is 25.7 Å². The number of nitrogens with two attached hydrogens (primary N) is 1. The molecule has 0 aliphatic heterocycles. The molecule has 7 heteroatoms. The predicted molar refractivity (Wildman–Crippen MR) is 56.1 cm³/mol. The molecule has 2 N–H and O–H groups in total. The van der Waals surface area contributed by atoms with Gasteiger partial charge in [-0.1, -0.05) is 0 Å². The molecule has 0 fully saturated rings. The van der Waals surface area contributed by atoms with Gasteiger partial charge in [-0.15, -0.1) is 0 Å². The molecule has 0 aliphatic carbocycles. The highest BCUT2D eigenvalue weighted by Gasteiger charge is 2.20. The second-order valence-corrected chi connectivity index (χ2v) is 3.62. The summed E-state index contributed by atoms with van der Waals surface area (Å²) in [5, 5.41) is 0. The second-order valence-electron chi connectivity index (χ2n) is 2.87. The van der Waals surface area contributed by atoms with Crippen LogP contribution in [0.2, 0.25) is 0 Å². The average molecular weight is 295 g/mol. The Labute approximate surface area is 98.9 Å². The fourth-order valence-corrected chi connectivity index (χ4v) is 1.60. The van der Waals surface area contributed by atoms with Crippen molar-refractivity contribution >= 4 is 21.9 Å². The number of halogens is 3. The Morgan fingerprint density at radius 1 is 1.69 bits per heavy atom. The molecule has 0 aromatic carbocycles. The molecule has 0 saturated heterocycles. The number of methoxy groups -OCH3 is 1. The summed E-state index contributed by atoms with van der Waals surface area (Å²) < 4.78 is 29.4. The first-order valence-electron chi connectivity index (χ1n) is 4.27. The zero-order valence-corrected chi connectivity index (χ0v) is 9.92. The lowest BCUT2D eigenvalue weighted by Gasteiger charge is -2.09. The fraction of sp³-hybridized carbons (Fsp3) is 0.333. The smallest absolute Gasteiger partial charge is 0.357 e. The van der Waals surface area contributed by atoms with E-state index < -0.39 is 12.4 Å². The highest BCUT2D eigenvalue weighted by Crippen LogP contribution is 2.28. The molecule has 0 saturated carbocycles. The zero-order chi connectivity index (χ0) is 12.3. The van der Waals surface area contributed by atoms with Crippen molar-refractivity contribution < 1.29 is 18.3 Å². The maximum atomic E-state index is 12.5. The predicted octanol–water partition coefficient (Wildman–Crippen LogP) is 2.03. The molecule has 0 atom stereocenters. The lowest BCUT2D eigenvalue weighted by Crippen LogP contribution is -2.13. The number of alkyl halides is 2. The Kier molecular flexibility index (Phi) is 4.31. The third-order valence-electron chi connectivity index (χ3n) is 1.92. The van der Waals surface area contributed by atoms with Gasteiger partial charge in [0.05, 0.1) is 12.7 Å². The SMILES string of the molecule is COC(=O)c1nc(Br)c(C(F)F)cc1CN. The minimum absolute atomic E-state index is 0.0544. The molecule has 1 rings (SSSR count). The van der Waals surface area contributed by atoms with Crippen molar-refractivity contribution in [2.75, 3.05) is 7.11 Å². The molecule has 0 unspecified atom stereocenters. The summed E-state index contributed by atoms with van der Waals surface area (Å²) in [4.78, 5) is 15.0. The van der Waals surface area contributed by atoms with Crippen molar-refractivity contribution in [3.63, 3.8) is 0 Å². The van der Waals surface area contributed by atoms with Gasteiger partial charge in [0.15, 0.2) is 5.69 Å². The number of aromatic nitrogens is 1. The molecular formula is C9H9BrF2N2O2. The molecular weight excluding hydrogens is 286 g/mol. The van der Waals surface area contributed by atoms with Crippen molar-refractivity contribution in [3.05, 3.63) is 27.5 Å². The van der Waals surface area contributed by atoms with Gasteiger partial charge in [0.25, 0.3) is 6.43 Å². The normalized spacial score (nSPS) is 10.6. The van der Waals surface area contributed by atoms with Gasteiger partial charge >= 0.3 is 5.97 Å². The monoisotopic (exact) mass is 294 g/mol. The number of pyridine rings is 1. The summed E-state index contributed by atoms with van der Waals surface area (Å²) in [5.74, 6) is -0.707. The van der Waals surface area contributed by atoms with E-state index in [4.69, 9.17) is 5.73 Å². The van der Waals surface area contributed by atoms with Crippen LogP contribution in [0.3, 0.4) is 0 Å². The Morgan fingerprint density at radius 2 is 2.31 bits per heavy atom. The van der Waals surface area contributed by atoms with Gasteiger partial charge in [-0.05, 0) is 27.6 Å². The van der Waals surface area contributed by atoms with Gasteiger partial charge in [-0.25, -0.2) is 18.6 Å². The number of carbonyl (C=O) groups is 1. The molecule has 1 heterocycles. The number of hydrogen-bond donors (Lipinski definition) is 1. The van der Waals surface area contributed by atoms with Crippen molar-refractivity contribution in [3.8, 4) is 0 Å². The summed E-state index contributed by atoms with van der Waals surface area (Å²) in [6, 6.07) is 1.15. The Hall–Kier alpha value is -1.08. The Morgan fingerprint density at radius 3 is 2.75 bits per heavy atom. The Bertz CT molecular complexity index is 413. The largest absolute Gasteiger partial charge is 0.464 e. The van der Waals surface area contributed by atoms with Crippen LogP contribution in [0.5, 0.6) is 0 Å². The summed E-state index contributed by atoms with van der Waals surface area (Å²) in [7, 11) is 1.18. The molecule has 0 bridgehead atoms. The van der Waals surface area contributed by atoms with Crippen LogP contribution in [0, 0.1) is 0 Å². The number of rotatable bonds is 3. The van der Waals surface area contributed by atoms with Crippen LogP contribution in [-0.2, 0) is 11.3 Å². The summed E-state index contributed by atoms with van der Waals surface area (Å²) in [6.45, 7) is -0.0650. The average Bonchev–Trinajstić information content (AvgIpc) is 2.27. The van der Waals surface area contributed by atoms with Crippen molar-refractivity contribution in [2.24, 2.45) is 5.73 Å². The number of nitrogens with zero attached hydrogens (tertiary/aromatic N) is 1. The van der Waals surface area contributed by atoms with Gasteiger partial charge in [-0.2, -0.15) is 0 Å². The maximum Gasteiger partial charge on any atom is 0.357 e. The van der Waals surface area contributed by atoms with E-state index >= 15 is 0 Å². The summed E-state index contributed by atoms with van der Waals surface area (Å²) >= 11 is 2.87. The third kappa shape index (κ3) is 2.53. The molecule has 1 aromatic heterocycles. The van der Waals surface area contributed by atoms with Crippen molar-refractivity contribution in [1.29, 1.82) is 0 Å². The van der Waals surface area contributed by atoms with E-state index in [0.29, 0.717) is 0 Å². The van der Waals surface area contributed by atoms with Gasteiger partial charge in [0.2, 0.25) is 0 Å². The van der Waals surface area contributed by atoms with Crippen LogP contribution in [-0.4, -0.2) is 18.1 Å². The molecule has 4 nitrogen and oxygen atoms in total. The van der Waals surface area contributed by atoms with Crippen LogP contribution in [0.25, 0.3) is 0 Å². The zero-order valence-electron chi connectivity index (χ0n) is 8.34. The molecule has 0 amide bonds. The number of hydrogen-bond acceptors (Lipinski definition) is 4. The lowest BCUT2D eigenvalue weighted by molar-refractivity contribution is 0.0591. The second kappa shape index (κ2) is 5.31. The fourth-order valence-electron chi connectivity index (χ4n) is 1.13. The number of esters is 1. The Balaban J connectivity index is 3.32. The molecule has 16 heavy (non-hydrogen) atoms. The van der Waals surface area contributed by atoms with Crippen LogP contribution in [0.1, 0.15) is 28.0 Å². The first kappa shape index (κ1) is 13.0. The van der Waals surface area contributed by atoms with Gasteiger partial charge in [-0.3, -0.25) is 0 Å². The quantitative estimate of drug-likeness (QED) is 0.684. The van der Waals surface area contributed by atoms with Crippen LogP contribution < -0.4 is 5.73 Å². The van der Waals surface area contributed by atoms with Crippen LogP contribution >= 0.6 is 15.9 Å². The first-order valence-corrected chi connectivity index (χ1v) is 5.06. The lowest BCUT2D eigenvalue weighted by atomic mass is 10.1. The van der Waals surface area contributed by atoms with Crippen molar-refractivity contribution in [1.82, 2.24) is 4.98 Å². The summed E-state index contributed by atoms with van der Waals surface area (Å²) in [5.41, 5.74) is 5.23. The van der Waals surface area contributed by atoms with Gasteiger partial charge in [0.1, 0.15) is 4.60 Å². The minimum Gasteiger partial charge on any atom is -0.464 e. The van der Waals surface area contributed by atoms with E-state index in [0.717, 1.165) is 6.07 Å². The van der Waals surface area contributed by atoms with Crippen LogP contribution in [0.4, 0.5) is 8.78 Å². The third-order valence-corrected chi connectivity index (χ3v) is 2.55. The van der Waals surface area contributed by atoms with Gasteiger partial charge in [0, 0.05) is 6.54 Å². The standard InChI is InChI=1S/C9H9BrF2N2O2/c1-16-9(15)6-4(3-13)2-5(8(11)12)7(10)14-6/h2,8H,3,13H2,1H3. The van der Waals surface area contributed by atoms with E-state index in [1.54, 1.807) is 0 Å². The molecule has 0 aliphatic rings. The van der Waals surface area contributed by atoms with E-state index in [9.17, 15) is 13.6 Å². The topological polar surface area (TPSA) is 65.2 Å². The minimum atomic E-state index is -2.68. The van der Waals surface area contributed by atoms with Crippen LogP contribution in [0.15, 0.2) is 10.7 Å². The van der Waals surface area contributed by atoms with E-state index in [-0.39, 0.29) is 28.0 Å². The van der Waals surface area contributed by atoms with Crippen molar-refractivity contribution in [2.45, 2.75) is 13.0 Å². The highest BCUT2D eigenvalue weighted by atomic mass is 79.9. The molecule has 1 aromatic rings. The first-order chi connectivity index (χ1) is 7.51. The maximum absolute atomic E-state index is 12.5. The van der Waals surface area contributed by atoms with E-state index in [1.165, 1.54) is 7.11 Å². The summed E-state index contributed by atoms with van der Waals surface area (Å²) in [6.07, 6.45) is -2.68. The molecule has 88 valence electrons. The molecule has 0 spiro atoms. The molecule has 0 radical (unpaired) electrons. The van der Waals surface area contributed by atoms with E-state index in [1.807, 2.05) is 0 Å². The highest BCUT2D eigenvalue weighted by molar-refractivity contribution is 9.10.